The first-order valence-corrected chi connectivity index (χ1v) is 9.19. The van der Waals surface area contributed by atoms with Crippen LogP contribution in [0, 0.1) is 6.92 Å². The maximum absolute atomic E-state index is 12.7. The average Bonchev–Trinajstić information content (AvgIpc) is 2.79. The number of rotatable bonds is 3. The molecule has 0 spiro atoms. The minimum atomic E-state index is -3.73. The molecule has 0 saturated heterocycles. The van der Waals surface area contributed by atoms with Gasteiger partial charge in [0, 0.05) is 9.35 Å². The Bertz CT molecular complexity index is 789. The number of aromatic hydroxyl groups is 1. The monoisotopic (exact) mass is 406 g/mol. The predicted molar refractivity (Wildman–Crippen MR) is 89.0 cm³/mol. The van der Waals surface area contributed by atoms with Crippen LogP contribution in [0.15, 0.2) is 38.5 Å². The smallest absolute Gasteiger partial charge is 0.207 e. The number of halogens is 1. The van der Waals surface area contributed by atoms with E-state index in [0.717, 1.165) is 0 Å². The Hall–Kier alpha value is -0.960. The van der Waals surface area contributed by atoms with E-state index in [9.17, 15) is 13.5 Å². The van der Waals surface area contributed by atoms with Gasteiger partial charge in [-0.05, 0) is 43.4 Å². The van der Waals surface area contributed by atoms with Crippen LogP contribution >= 0.6 is 39.5 Å². The zero-order valence-corrected chi connectivity index (χ0v) is 15.1. The lowest BCUT2D eigenvalue weighted by atomic mass is 10.3. The van der Waals surface area contributed by atoms with Crippen molar-refractivity contribution in [1.29, 1.82) is 0 Å². The van der Waals surface area contributed by atoms with Gasteiger partial charge in [0.15, 0.2) is 0 Å². The van der Waals surface area contributed by atoms with Gasteiger partial charge in [-0.15, -0.1) is 11.3 Å². The highest BCUT2D eigenvalue weighted by molar-refractivity contribution is 9.10. The first-order chi connectivity index (χ1) is 9.75. The molecule has 1 aromatic carbocycles. The van der Waals surface area contributed by atoms with Crippen molar-refractivity contribution in [2.24, 2.45) is 0 Å². The number of thiophene rings is 1. The number of methoxy groups -OCH3 is 1. The van der Waals surface area contributed by atoms with Crippen molar-refractivity contribution in [2.75, 3.05) is 7.11 Å². The van der Waals surface area contributed by atoms with Crippen LogP contribution in [0.5, 0.6) is 5.75 Å². The summed E-state index contributed by atoms with van der Waals surface area (Å²) < 4.78 is 30.8. The zero-order valence-electron chi connectivity index (χ0n) is 11.1. The van der Waals surface area contributed by atoms with E-state index in [1.807, 2.05) is 0 Å². The second-order valence-corrected chi connectivity index (χ2v) is 8.63. The van der Waals surface area contributed by atoms with Gasteiger partial charge in [0.05, 0.1) is 21.8 Å². The third-order valence-electron chi connectivity index (χ3n) is 2.71. The van der Waals surface area contributed by atoms with Gasteiger partial charge in [0.1, 0.15) is 5.75 Å². The Labute approximate surface area is 140 Å². The first-order valence-electron chi connectivity index (χ1n) is 5.69. The second kappa shape index (κ2) is 6.04. The predicted octanol–water partition coefficient (Wildman–Crippen LogP) is 3.68. The van der Waals surface area contributed by atoms with Crippen molar-refractivity contribution in [3.05, 3.63) is 38.5 Å². The largest absolute Gasteiger partial charge is 0.508 e. The van der Waals surface area contributed by atoms with Crippen LogP contribution in [0.1, 0.15) is 9.75 Å². The molecule has 1 heterocycles. The highest BCUT2D eigenvalue weighted by atomic mass is 79.9. The summed E-state index contributed by atoms with van der Waals surface area (Å²) in [4.78, 5) is 1.39. The van der Waals surface area contributed by atoms with Crippen molar-refractivity contribution in [2.45, 2.75) is 16.7 Å². The van der Waals surface area contributed by atoms with E-state index in [0.29, 0.717) is 14.2 Å². The fraction of sp³-hybridized carbons (Fsp3) is 0.154. The van der Waals surface area contributed by atoms with Gasteiger partial charge in [-0.3, -0.25) is 0 Å². The van der Waals surface area contributed by atoms with Crippen LogP contribution in [0.4, 0.5) is 0 Å². The van der Waals surface area contributed by atoms with Crippen molar-refractivity contribution in [1.82, 2.24) is 0 Å². The molecule has 4 nitrogen and oxygen atoms in total. The van der Waals surface area contributed by atoms with Crippen molar-refractivity contribution in [3.8, 4) is 5.75 Å². The molecule has 0 saturated carbocycles. The SMILES string of the molecule is COC(=S)c1cc(S(=O)(=O)c2cc(O)cc(Br)c2)c(C)s1. The van der Waals surface area contributed by atoms with Crippen LogP contribution in [0.25, 0.3) is 0 Å². The van der Waals surface area contributed by atoms with E-state index in [4.69, 9.17) is 17.0 Å². The number of benzene rings is 1. The van der Waals surface area contributed by atoms with Gasteiger partial charge in [-0.1, -0.05) is 15.9 Å². The molecule has 0 aliphatic carbocycles. The molecular formula is C13H11BrO4S3. The number of phenolic OH excluding ortho intramolecular Hbond substituents is 1. The maximum atomic E-state index is 12.7. The highest BCUT2D eigenvalue weighted by Gasteiger charge is 2.24. The number of thiocarbonyl (C=S) groups is 1. The van der Waals surface area contributed by atoms with Crippen LogP contribution in [-0.4, -0.2) is 25.7 Å². The van der Waals surface area contributed by atoms with Crippen molar-refractivity contribution < 1.29 is 18.3 Å². The summed E-state index contributed by atoms with van der Waals surface area (Å²) in [6, 6.07) is 5.58. The van der Waals surface area contributed by atoms with Crippen LogP contribution < -0.4 is 0 Å². The number of aryl methyl sites for hydroxylation is 1. The summed E-state index contributed by atoms with van der Waals surface area (Å²) in [6.45, 7) is 1.71. The lowest BCUT2D eigenvalue weighted by Gasteiger charge is -2.05. The standard InChI is InChI=1S/C13H11BrO4S3/c1-7-12(6-11(20-7)13(19)18-2)21(16,17)10-4-8(14)3-9(15)5-10/h3-6,15H,1-2H3. The summed E-state index contributed by atoms with van der Waals surface area (Å²) in [5, 5.41) is 9.82. The Morgan fingerprint density at radius 3 is 2.57 bits per heavy atom. The number of ether oxygens (including phenoxy) is 1. The summed E-state index contributed by atoms with van der Waals surface area (Å²) in [6.07, 6.45) is 0. The molecular weight excluding hydrogens is 396 g/mol. The number of hydrogen-bond donors (Lipinski definition) is 1. The number of sulfone groups is 1. The molecule has 21 heavy (non-hydrogen) atoms. The van der Waals surface area contributed by atoms with Crippen LogP contribution in [0.3, 0.4) is 0 Å². The fourth-order valence-corrected chi connectivity index (χ4v) is 5.40. The Kier molecular flexibility index (Phi) is 4.72. The van der Waals surface area contributed by atoms with E-state index in [1.54, 1.807) is 6.92 Å². The van der Waals surface area contributed by atoms with E-state index >= 15 is 0 Å². The molecule has 0 fully saturated rings. The molecule has 1 N–H and O–H groups in total. The van der Waals surface area contributed by atoms with E-state index in [2.05, 4.69) is 15.9 Å². The van der Waals surface area contributed by atoms with E-state index in [1.165, 1.54) is 42.7 Å². The van der Waals surface area contributed by atoms with Crippen LogP contribution in [-0.2, 0) is 14.6 Å². The molecule has 0 amide bonds. The molecule has 2 rings (SSSR count). The molecule has 0 radical (unpaired) electrons. The van der Waals surface area contributed by atoms with Crippen molar-refractivity contribution in [3.63, 3.8) is 0 Å². The van der Waals surface area contributed by atoms with E-state index in [-0.39, 0.29) is 20.6 Å². The molecule has 0 unspecified atom stereocenters. The Morgan fingerprint density at radius 2 is 2.00 bits per heavy atom. The van der Waals surface area contributed by atoms with Crippen molar-refractivity contribution >= 4 is 54.4 Å². The molecule has 0 aliphatic rings. The molecule has 112 valence electrons. The van der Waals surface area contributed by atoms with Gasteiger partial charge in [0.25, 0.3) is 0 Å². The zero-order chi connectivity index (χ0) is 15.8. The minimum absolute atomic E-state index is 0.0187. The molecule has 0 aliphatic heterocycles. The second-order valence-electron chi connectivity index (χ2n) is 4.17. The van der Waals surface area contributed by atoms with E-state index < -0.39 is 9.84 Å². The third-order valence-corrected chi connectivity index (χ3v) is 6.73. The number of phenols is 1. The fourth-order valence-electron chi connectivity index (χ4n) is 1.76. The van der Waals surface area contributed by atoms with Gasteiger partial charge < -0.3 is 9.84 Å². The molecule has 1 aromatic heterocycles. The summed E-state index contributed by atoms with van der Waals surface area (Å²) in [5.41, 5.74) is 0. The average molecular weight is 407 g/mol. The minimum Gasteiger partial charge on any atom is -0.508 e. The summed E-state index contributed by atoms with van der Waals surface area (Å²) in [7, 11) is -2.29. The number of hydrogen-bond acceptors (Lipinski definition) is 6. The first kappa shape index (κ1) is 16.4. The molecule has 2 aromatic rings. The molecule has 8 heteroatoms. The lowest BCUT2D eigenvalue weighted by Crippen LogP contribution is -2.02. The molecule has 0 bridgehead atoms. The Balaban J connectivity index is 2.59. The summed E-state index contributed by atoms with van der Waals surface area (Å²) >= 11 is 9.45. The molecule has 0 atom stereocenters. The summed E-state index contributed by atoms with van der Waals surface area (Å²) in [5.74, 6) is -0.122. The van der Waals surface area contributed by atoms with Gasteiger partial charge in [-0.25, -0.2) is 8.42 Å². The topological polar surface area (TPSA) is 63.6 Å². The van der Waals surface area contributed by atoms with Gasteiger partial charge in [-0.2, -0.15) is 0 Å². The maximum Gasteiger partial charge on any atom is 0.207 e. The van der Waals surface area contributed by atoms with Crippen LogP contribution in [0.2, 0.25) is 0 Å². The third kappa shape index (κ3) is 3.28. The quantitative estimate of drug-likeness (QED) is 0.787. The normalized spacial score (nSPS) is 11.4. The Morgan fingerprint density at radius 1 is 1.33 bits per heavy atom. The van der Waals surface area contributed by atoms with Gasteiger partial charge in [0.2, 0.25) is 14.9 Å². The lowest BCUT2D eigenvalue weighted by molar-refractivity contribution is 0.417. The highest BCUT2D eigenvalue weighted by Crippen LogP contribution is 2.33. The van der Waals surface area contributed by atoms with Gasteiger partial charge >= 0.3 is 0 Å².